The quantitative estimate of drug-likeness (QED) is 0.886. The maximum absolute atomic E-state index is 12.3. The fraction of sp³-hybridized carbons (Fsp3) is 0.263. The van der Waals surface area contributed by atoms with Crippen molar-refractivity contribution >= 4 is 28.3 Å². The van der Waals surface area contributed by atoms with Crippen molar-refractivity contribution in [1.29, 1.82) is 0 Å². The van der Waals surface area contributed by atoms with E-state index >= 15 is 0 Å². The molecule has 0 fully saturated rings. The molecule has 23 heavy (non-hydrogen) atoms. The zero-order valence-electron chi connectivity index (χ0n) is 13.0. The van der Waals surface area contributed by atoms with Crippen molar-refractivity contribution < 1.29 is 9.59 Å². The summed E-state index contributed by atoms with van der Waals surface area (Å²) in [5.74, 6) is -0.321. The Labute approximate surface area is 135 Å². The summed E-state index contributed by atoms with van der Waals surface area (Å²) in [5.41, 5.74) is 7.83. The van der Waals surface area contributed by atoms with Crippen LogP contribution in [0.4, 0.5) is 5.69 Å². The van der Waals surface area contributed by atoms with Crippen LogP contribution in [0.25, 0.3) is 10.8 Å². The fourth-order valence-corrected chi connectivity index (χ4v) is 2.93. The zero-order chi connectivity index (χ0) is 16.2. The van der Waals surface area contributed by atoms with E-state index in [9.17, 15) is 9.59 Å². The number of amides is 2. The molecule has 4 nitrogen and oxygen atoms in total. The topological polar surface area (TPSA) is 63.4 Å². The number of carbonyl (C=O) groups is 2. The Morgan fingerprint density at radius 1 is 1.22 bits per heavy atom. The van der Waals surface area contributed by atoms with Crippen LogP contribution in [0.2, 0.25) is 0 Å². The number of aryl methyl sites for hydroxylation is 1. The molecule has 0 radical (unpaired) electrons. The van der Waals surface area contributed by atoms with Crippen LogP contribution in [0.5, 0.6) is 0 Å². The molecule has 0 unspecified atom stereocenters. The van der Waals surface area contributed by atoms with Gasteiger partial charge < -0.3 is 5.73 Å². The highest BCUT2D eigenvalue weighted by Gasteiger charge is 2.20. The van der Waals surface area contributed by atoms with Gasteiger partial charge in [0.1, 0.15) is 0 Å². The molecular formula is C19H20N2O2. The molecule has 1 aliphatic rings. The first-order valence-corrected chi connectivity index (χ1v) is 7.93. The SMILES string of the molecule is Nc1cc(CCC(=O)N2CCCC=CC2=O)cc2ccccc12. The number of nitrogens with zero attached hydrogens (tertiary/aromatic N) is 1. The number of rotatable bonds is 3. The summed E-state index contributed by atoms with van der Waals surface area (Å²) < 4.78 is 0. The highest BCUT2D eigenvalue weighted by molar-refractivity contribution is 6.01. The summed E-state index contributed by atoms with van der Waals surface area (Å²) in [4.78, 5) is 25.6. The predicted octanol–water partition coefficient (Wildman–Crippen LogP) is 3.06. The molecule has 0 aromatic heterocycles. The number of imide groups is 1. The van der Waals surface area contributed by atoms with Crippen LogP contribution in [-0.4, -0.2) is 23.3 Å². The molecule has 2 amide bonds. The van der Waals surface area contributed by atoms with Gasteiger partial charge >= 0.3 is 0 Å². The Hall–Kier alpha value is -2.62. The summed E-state index contributed by atoms with van der Waals surface area (Å²) in [6.07, 6.45) is 5.91. The van der Waals surface area contributed by atoms with Crippen molar-refractivity contribution in [2.24, 2.45) is 0 Å². The van der Waals surface area contributed by atoms with E-state index in [0.717, 1.165) is 34.9 Å². The average Bonchev–Trinajstić information content (AvgIpc) is 2.77. The Morgan fingerprint density at radius 3 is 2.91 bits per heavy atom. The molecule has 0 aliphatic carbocycles. The number of fused-ring (bicyclic) bond motifs is 1. The minimum absolute atomic E-state index is 0.117. The lowest BCUT2D eigenvalue weighted by Crippen LogP contribution is -2.36. The molecule has 2 aromatic carbocycles. The van der Waals surface area contributed by atoms with Crippen LogP contribution < -0.4 is 5.73 Å². The zero-order valence-corrected chi connectivity index (χ0v) is 13.0. The predicted molar refractivity (Wildman–Crippen MR) is 91.8 cm³/mol. The molecule has 1 aliphatic heterocycles. The largest absolute Gasteiger partial charge is 0.398 e. The van der Waals surface area contributed by atoms with Crippen LogP contribution in [0, 0.1) is 0 Å². The van der Waals surface area contributed by atoms with Gasteiger partial charge in [0.2, 0.25) is 5.91 Å². The van der Waals surface area contributed by atoms with Crippen LogP contribution in [-0.2, 0) is 16.0 Å². The summed E-state index contributed by atoms with van der Waals surface area (Å²) in [6, 6.07) is 11.9. The molecule has 1 heterocycles. The van der Waals surface area contributed by atoms with Crippen molar-refractivity contribution in [2.45, 2.75) is 25.7 Å². The summed E-state index contributed by atoms with van der Waals surface area (Å²) in [7, 11) is 0. The molecule has 118 valence electrons. The van der Waals surface area contributed by atoms with Gasteiger partial charge in [-0.25, -0.2) is 0 Å². The van der Waals surface area contributed by atoms with E-state index in [2.05, 4.69) is 6.07 Å². The molecule has 2 N–H and O–H groups in total. The van der Waals surface area contributed by atoms with Gasteiger partial charge in [0.15, 0.2) is 0 Å². The lowest BCUT2D eigenvalue weighted by Gasteiger charge is -2.17. The number of allylic oxidation sites excluding steroid dienone is 1. The third kappa shape index (κ3) is 3.42. The van der Waals surface area contributed by atoms with Crippen LogP contribution in [0.15, 0.2) is 48.6 Å². The minimum atomic E-state index is -0.203. The third-order valence-corrected chi connectivity index (χ3v) is 4.16. The standard InChI is InChI=1S/C19H20N2O2/c20-17-13-14(12-15-6-3-4-7-16(15)17)9-10-19(23)21-11-5-1-2-8-18(21)22/h2-4,6-8,12-13H,1,5,9-11,20H2. The van der Waals surface area contributed by atoms with E-state index < -0.39 is 0 Å². The van der Waals surface area contributed by atoms with Crippen LogP contribution >= 0.6 is 0 Å². The Bertz CT molecular complexity index is 780. The van der Waals surface area contributed by atoms with Gasteiger partial charge in [-0.3, -0.25) is 14.5 Å². The van der Waals surface area contributed by atoms with Crippen LogP contribution in [0.3, 0.4) is 0 Å². The minimum Gasteiger partial charge on any atom is -0.398 e. The maximum Gasteiger partial charge on any atom is 0.252 e. The molecule has 2 aromatic rings. The summed E-state index contributed by atoms with van der Waals surface area (Å²) in [6.45, 7) is 0.504. The van der Waals surface area contributed by atoms with E-state index in [1.165, 1.54) is 11.0 Å². The molecule has 3 rings (SSSR count). The maximum atomic E-state index is 12.3. The summed E-state index contributed by atoms with van der Waals surface area (Å²) >= 11 is 0. The second kappa shape index (κ2) is 6.65. The van der Waals surface area contributed by atoms with Crippen molar-refractivity contribution in [1.82, 2.24) is 4.90 Å². The fourth-order valence-electron chi connectivity index (χ4n) is 2.93. The Balaban J connectivity index is 1.71. The Morgan fingerprint density at radius 2 is 2.04 bits per heavy atom. The normalized spacial score (nSPS) is 15.0. The van der Waals surface area contributed by atoms with E-state index in [-0.39, 0.29) is 11.8 Å². The monoisotopic (exact) mass is 308 g/mol. The van der Waals surface area contributed by atoms with E-state index in [0.29, 0.717) is 19.4 Å². The highest BCUT2D eigenvalue weighted by atomic mass is 16.2. The van der Waals surface area contributed by atoms with E-state index in [4.69, 9.17) is 5.73 Å². The molecule has 0 spiro atoms. The smallest absolute Gasteiger partial charge is 0.252 e. The molecule has 4 heteroatoms. The number of nitrogens with two attached hydrogens (primary N) is 1. The first kappa shape index (κ1) is 15.3. The number of anilines is 1. The van der Waals surface area contributed by atoms with Gasteiger partial charge in [-0.2, -0.15) is 0 Å². The van der Waals surface area contributed by atoms with E-state index in [1.807, 2.05) is 36.4 Å². The molecule has 0 saturated heterocycles. The average molecular weight is 308 g/mol. The van der Waals surface area contributed by atoms with Crippen molar-refractivity contribution in [3.8, 4) is 0 Å². The number of carbonyl (C=O) groups excluding carboxylic acids is 2. The van der Waals surface area contributed by atoms with Crippen molar-refractivity contribution in [3.63, 3.8) is 0 Å². The lowest BCUT2D eigenvalue weighted by atomic mass is 10.0. The number of nitrogen functional groups attached to an aromatic ring is 1. The van der Waals surface area contributed by atoms with E-state index in [1.54, 1.807) is 0 Å². The second-order valence-corrected chi connectivity index (χ2v) is 5.83. The van der Waals surface area contributed by atoms with Crippen molar-refractivity contribution in [2.75, 3.05) is 12.3 Å². The summed E-state index contributed by atoms with van der Waals surface area (Å²) in [5, 5.41) is 2.10. The molecular weight excluding hydrogens is 288 g/mol. The lowest BCUT2D eigenvalue weighted by molar-refractivity contribution is -0.141. The number of hydrogen-bond acceptors (Lipinski definition) is 3. The van der Waals surface area contributed by atoms with Gasteiger partial charge in [0.05, 0.1) is 0 Å². The van der Waals surface area contributed by atoms with Crippen molar-refractivity contribution in [3.05, 3.63) is 54.1 Å². The first-order valence-electron chi connectivity index (χ1n) is 7.93. The highest BCUT2D eigenvalue weighted by Crippen LogP contribution is 2.23. The van der Waals surface area contributed by atoms with Gasteiger partial charge in [0, 0.05) is 24.0 Å². The van der Waals surface area contributed by atoms with Gasteiger partial charge in [0.25, 0.3) is 5.91 Å². The third-order valence-electron chi connectivity index (χ3n) is 4.16. The Kier molecular flexibility index (Phi) is 4.42. The van der Waals surface area contributed by atoms with Gasteiger partial charge in [-0.1, -0.05) is 36.4 Å². The first-order chi connectivity index (χ1) is 11.1. The molecule has 0 saturated carbocycles. The molecule has 0 bridgehead atoms. The van der Waals surface area contributed by atoms with Gasteiger partial charge in [-0.15, -0.1) is 0 Å². The number of benzene rings is 2. The molecule has 0 atom stereocenters. The second-order valence-electron chi connectivity index (χ2n) is 5.83. The van der Waals surface area contributed by atoms with Crippen LogP contribution in [0.1, 0.15) is 24.8 Å². The number of hydrogen-bond donors (Lipinski definition) is 1. The van der Waals surface area contributed by atoms with Gasteiger partial charge in [-0.05, 0) is 42.4 Å².